The average molecular weight is 352 g/mol. The van der Waals surface area contributed by atoms with Crippen molar-refractivity contribution < 1.29 is 19.3 Å². The van der Waals surface area contributed by atoms with Gasteiger partial charge >= 0.3 is 5.69 Å². The second-order valence-corrected chi connectivity index (χ2v) is 5.31. The Balaban J connectivity index is 2.45. The van der Waals surface area contributed by atoms with Gasteiger partial charge < -0.3 is 20.7 Å². The Morgan fingerprint density at radius 3 is 2.85 bits per heavy atom. The predicted molar refractivity (Wildman–Crippen MR) is 72.3 cm³/mol. The lowest BCUT2D eigenvalue weighted by Crippen LogP contribution is -2.47. The number of anilines is 1. The monoisotopic (exact) mass is 351 g/mol. The summed E-state index contributed by atoms with van der Waals surface area (Å²) in [5.74, 6) is 0.0501. The van der Waals surface area contributed by atoms with E-state index < -0.39 is 36.4 Å². The SMILES string of the molecule is Cc1cn([C@@H]2O[C@@](CO)(CBr)[C@@H](O)[C@@H]2F)c(=O)nc1N. The highest BCUT2D eigenvalue weighted by Crippen LogP contribution is 2.39. The maximum atomic E-state index is 14.2. The van der Waals surface area contributed by atoms with Crippen LogP contribution < -0.4 is 11.4 Å². The summed E-state index contributed by atoms with van der Waals surface area (Å²) in [6.45, 7) is 1.02. The standard InChI is InChI=1S/C11H15BrFN3O4/c1-5-2-16(10(19)15-8(5)14)9-6(13)7(18)11(3-12,4-17)20-9/h2,6-7,9,17-18H,3-4H2,1H3,(H2,14,15,19)/t6-,7-,9+,11+/m0/s1. The van der Waals surface area contributed by atoms with Crippen LogP contribution in [0.5, 0.6) is 0 Å². The number of nitrogen functional groups attached to an aromatic ring is 1. The van der Waals surface area contributed by atoms with Crippen LogP contribution >= 0.6 is 15.9 Å². The number of aliphatic hydroxyl groups is 2. The van der Waals surface area contributed by atoms with Gasteiger partial charge in [0, 0.05) is 17.1 Å². The van der Waals surface area contributed by atoms with Gasteiger partial charge in [0.15, 0.2) is 12.4 Å². The summed E-state index contributed by atoms with van der Waals surface area (Å²) in [6, 6.07) is 0. The zero-order chi connectivity index (χ0) is 15.1. The third kappa shape index (κ3) is 2.24. The number of nitrogens with zero attached hydrogens (tertiary/aromatic N) is 2. The van der Waals surface area contributed by atoms with Crippen molar-refractivity contribution in [2.24, 2.45) is 0 Å². The van der Waals surface area contributed by atoms with E-state index in [1.54, 1.807) is 6.92 Å². The molecule has 0 unspecified atom stereocenters. The van der Waals surface area contributed by atoms with Gasteiger partial charge in [-0.3, -0.25) is 4.57 Å². The number of nitrogens with two attached hydrogens (primary N) is 1. The molecule has 2 heterocycles. The van der Waals surface area contributed by atoms with Crippen molar-refractivity contribution in [3.8, 4) is 0 Å². The first kappa shape index (κ1) is 15.4. The van der Waals surface area contributed by atoms with Gasteiger partial charge in [-0.15, -0.1) is 0 Å². The summed E-state index contributed by atoms with van der Waals surface area (Å²) in [4.78, 5) is 15.3. The van der Waals surface area contributed by atoms with Crippen LogP contribution in [0.15, 0.2) is 11.0 Å². The molecule has 1 aliphatic heterocycles. The van der Waals surface area contributed by atoms with E-state index in [2.05, 4.69) is 20.9 Å². The van der Waals surface area contributed by atoms with Crippen LogP contribution in [-0.4, -0.2) is 49.6 Å². The molecule has 0 spiro atoms. The van der Waals surface area contributed by atoms with Crippen molar-refractivity contribution >= 4 is 21.7 Å². The zero-order valence-electron chi connectivity index (χ0n) is 10.7. The lowest BCUT2D eigenvalue weighted by molar-refractivity contribution is -0.113. The van der Waals surface area contributed by atoms with Gasteiger partial charge in [0.05, 0.1) is 6.61 Å². The van der Waals surface area contributed by atoms with Crippen LogP contribution in [0.3, 0.4) is 0 Å². The molecule has 1 aliphatic rings. The number of hydrogen-bond donors (Lipinski definition) is 3. The van der Waals surface area contributed by atoms with Gasteiger partial charge in [0.2, 0.25) is 0 Å². The molecule has 0 radical (unpaired) electrons. The molecule has 1 aromatic heterocycles. The number of halogens is 2. The first-order valence-electron chi connectivity index (χ1n) is 5.88. The van der Waals surface area contributed by atoms with Crippen molar-refractivity contribution in [2.75, 3.05) is 17.7 Å². The summed E-state index contributed by atoms with van der Waals surface area (Å²) in [5.41, 5.74) is 3.70. The highest BCUT2D eigenvalue weighted by atomic mass is 79.9. The second kappa shape index (κ2) is 5.40. The molecule has 0 bridgehead atoms. The highest BCUT2D eigenvalue weighted by molar-refractivity contribution is 9.09. The van der Waals surface area contributed by atoms with E-state index in [9.17, 15) is 19.4 Å². The van der Waals surface area contributed by atoms with Gasteiger partial charge in [-0.2, -0.15) is 4.98 Å². The summed E-state index contributed by atoms with van der Waals surface area (Å²) in [7, 11) is 0. The molecule has 0 aliphatic carbocycles. The Bertz CT molecular complexity index is 563. The van der Waals surface area contributed by atoms with Crippen LogP contribution in [0.1, 0.15) is 11.8 Å². The Labute approximate surface area is 122 Å². The van der Waals surface area contributed by atoms with E-state index in [0.717, 1.165) is 4.57 Å². The molecular weight excluding hydrogens is 337 g/mol. The Morgan fingerprint density at radius 1 is 1.70 bits per heavy atom. The molecule has 7 nitrogen and oxygen atoms in total. The Morgan fingerprint density at radius 2 is 2.35 bits per heavy atom. The van der Waals surface area contributed by atoms with Gasteiger partial charge in [-0.1, -0.05) is 15.9 Å². The second-order valence-electron chi connectivity index (χ2n) is 4.75. The molecule has 0 aromatic carbocycles. The number of aromatic nitrogens is 2. The molecular formula is C11H15BrFN3O4. The fourth-order valence-electron chi connectivity index (χ4n) is 2.08. The van der Waals surface area contributed by atoms with E-state index >= 15 is 0 Å². The van der Waals surface area contributed by atoms with Crippen LogP contribution in [0.4, 0.5) is 10.2 Å². The van der Waals surface area contributed by atoms with Crippen molar-refractivity contribution in [3.05, 3.63) is 22.2 Å². The fourth-order valence-corrected chi connectivity index (χ4v) is 2.72. The van der Waals surface area contributed by atoms with Gasteiger partial charge in [-0.05, 0) is 6.92 Å². The lowest BCUT2D eigenvalue weighted by atomic mass is 9.99. The van der Waals surface area contributed by atoms with E-state index in [1.807, 2.05) is 0 Å². The third-order valence-corrected chi connectivity index (χ3v) is 4.36. The minimum atomic E-state index is -1.87. The summed E-state index contributed by atoms with van der Waals surface area (Å²) in [6.07, 6.45) is -3.49. The number of rotatable bonds is 3. The van der Waals surface area contributed by atoms with E-state index in [-0.39, 0.29) is 11.1 Å². The smallest absolute Gasteiger partial charge is 0.351 e. The molecule has 112 valence electrons. The molecule has 9 heteroatoms. The lowest BCUT2D eigenvalue weighted by Gasteiger charge is -2.27. The van der Waals surface area contributed by atoms with Gasteiger partial charge in [0.1, 0.15) is 17.5 Å². The molecule has 1 fully saturated rings. The molecule has 1 aromatic rings. The summed E-state index contributed by atoms with van der Waals surface area (Å²) >= 11 is 3.07. The largest absolute Gasteiger partial charge is 0.393 e. The van der Waals surface area contributed by atoms with Crippen molar-refractivity contribution in [1.29, 1.82) is 0 Å². The normalized spacial score (nSPS) is 33.5. The Kier molecular flexibility index (Phi) is 4.14. The minimum absolute atomic E-state index is 0.0186. The maximum Gasteiger partial charge on any atom is 0.351 e. The quantitative estimate of drug-likeness (QED) is 0.632. The van der Waals surface area contributed by atoms with Crippen LogP contribution in [0.2, 0.25) is 0 Å². The fraction of sp³-hybridized carbons (Fsp3) is 0.636. The topological polar surface area (TPSA) is 111 Å². The maximum absolute atomic E-state index is 14.2. The highest BCUT2D eigenvalue weighted by Gasteiger charge is 2.55. The molecule has 1 saturated heterocycles. The number of aliphatic hydroxyl groups excluding tert-OH is 2. The molecule has 4 atom stereocenters. The molecule has 2 rings (SSSR count). The summed E-state index contributed by atoms with van der Waals surface area (Å²) < 4.78 is 20.5. The predicted octanol–water partition coefficient (Wildman–Crippen LogP) is -0.512. The molecule has 4 N–H and O–H groups in total. The van der Waals surface area contributed by atoms with E-state index in [4.69, 9.17) is 10.5 Å². The van der Waals surface area contributed by atoms with E-state index in [0.29, 0.717) is 5.56 Å². The van der Waals surface area contributed by atoms with Gasteiger partial charge in [-0.25, -0.2) is 9.18 Å². The first-order valence-corrected chi connectivity index (χ1v) is 7.00. The average Bonchev–Trinajstić information content (AvgIpc) is 2.68. The third-order valence-electron chi connectivity index (χ3n) is 3.41. The van der Waals surface area contributed by atoms with Gasteiger partial charge in [0.25, 0.3) is 0 Å². The van der Waals surface area contributed by atoms with Crippen molar-refractivity contribution in [3.63, 3.8) is 0 Å². The number of alkyl halides is 2. The zero-order valence-corrected chi connectivity index (χ0v) is 12.2. The van der Waals surface area contributed by atoms with Crippen LogP contribution in [0.25, 0.3) is 0 Å². The minimum Gasteiger partial charge on any atom is -0.393 e. The Hall–Kier alpha value is -1.03. The van der Waals surface area contributed by atoms with Crippen molar-refractivity contribution in [1.82, 2.24) is 9.55 Å². The molecule has 0 saturated carbocycles. The number of aryl methyl sites for hydroxylation is 1. The summed E-state index contributed by atoms with van der Waals surface area (Å²) in [5, 5.41) is 19.3. The van der Waals surface area contributed by atoms with Crippen LogP contribution in [0, 0.1) is 6.92 Å². The van der Waals surface area contributed by atoms with E-state index in [1.165, 1.54) is 6.20 Å². The molecule has 20 heavy (non-hydrogen) atoms. The van der Waals surface area contributed by atoms with Crippen LogP contribution in [-0.2, 0) is 4.74 Å². The first-order chi connectivity index (χ1) is 9.36. The molecule has 0 amide bonds. The number of hydrogen-bond acceptors (Lipinski definition) is 6. The number of ether oxygens (including phenoxy) is 1. The van der Waals surface area contributed by atoms with Crippen molar-refractivity contribution in [2.45, 2.75) is 31.0 Å².